The first-order valence-electron chi connectivity index (χ1n) is 14.2. The first-order chi connectivity index (χ1) is 20.9. The highest BCUT2D eigenvalue weighted by atomic mass is 35.5. The van der Waals surface area contributed by atoms with Crippen LogP contribution in [0.5, 0.6) is 0 Å². The van der Waals surface area contributed by atoms with E-state index in [-0.39, 0.29) is 18.3 Å². The minimum absolute atomic E-state index is 0.134. The summed E-state index contributed by atoms with van der Waals surface area (Å²) in [6.45, 7) is 4.75. The van der Waals surface area contributed by atoms with Gasteiger partial charge in [0.15, 0.2) is 12.3 Å². The second-order valence-electron chi connectivity index (χ2n) is 10.6. The number of rotatable bonds is 6. The number of benzene rings is 1. The number of hydrogen-bond acceptors (Lipinski definition) is 9. The summed E-state index contributed by atoms with van der Waals surface area (Å²) in [4.78, 5) is 24.5. The molecule has 11 nitrogen and oxygen atoms in total. The van der Waals surface area contributed by atoms with Crippen LogP contribution in [-0.2, 0) is 23.9 Å². The molecule has 0 N–H and O–H groups in total. The molecule has 13 heteroatoms. The van der Waals surface area contributed by atoms with Crippen LogP contribution in [0.15, 0.2) is 64.1 Å². The first-order valence-corrected chi connectivity index (χ1v) is 16.7. The first kappa shape index (κ1) is 29.5. The van der Waals surface area contributed by atoms with Crippen molar-refractivity contribution in [1.82, 2.24) is 19.7 Å². The van der Waals surface area contributed by atoms with E-state index in [0.29, 0.717) is 31.3 Å². The van der Waals surface area contributed by atoms with E-state index in [1.165, 1.54) is 6.26 Å². The van der Waals surface area contributed by atoms with E-state index >= 15 is 0 Å². The summed E-state index contributed by atoms with van der Waals surface area (Å²) in [7, 11) is -3.03. The predicted molar refractivity (Wildman–Crippen MR) is 165 cm³/mol. The van der Waals surface area contributed by atoms with Crippen LogP contribution in [0.25, 0.3) is 33.4 Å². The molecule has 43 heavy (non-hydrogen) atoms. The van der Waals surface area contributed by atoms with Crippen molar-refractivity contribution < 1.29 is 23.2 Å². The molecule has 226 valence electrons. The lowest BCUT2D eigenvalue weighted by atomic mass is 10.00. The Labute approximate surface area is 255 Å². The maximum atomic E-state index is 13.2. The monoisotopic (exact) mass is 624 g/mol. The van der Waals surface area contributed by atoms with Crippen LogP contribution in [0, 0.1) is 0 Å². The normalized spacial score (nSPS) is 20.5. The summed E-state index contributed by atoms with van der Waals surface area (Å²) < 4.78 is 35.3. The Morgan fingerprint density at radius 3 is 2.74 bits per heavy atom. The number of hydrogen-bond donors (Lipinski definition) is 0. The molecule has 2 fully saturated rings. The van der Waals surface area contributed by atoms with Crippen molar-refractivity contribution in [3.8, 4) is 22.5 Å². The number of morpholine rings is 1. The van der Waals surface area contributed by atoms with Crippen molar-refractivity contribution in [1.29, 1.82) is 0 Å². The Bertz CT molecular complexity index is 1750. The van der Waals surface area contributed by atoms with Gasteiger partial charge in [-0.05, 0) is 67.6 Å². The van der Waals surface area contributed by atoms with Crippen LogP contribution in [-0.4, -0.2) is 74.8 Å². The summed E-state index contributed by atoms with van der Waals surface area (Å²) in [5.74, 6) is 0.815. The number of pyridine rings is 2. The number of carbonyl (C=O) groups is 1. The maximum Gasteiger partial charge on any atom is 0.443 e. The van der Waals surface area contributed by atoms with Crippen molar-refractivity contribution in [3.05, 3.63) is 54.9 Å². The number of fused-ring (bicyclic) bond motifs is 1. The van der Waals surface area contributed by atoms with Gasteiger partial charge in [0.25, 0.3) is 0 Å². The number of anilines is 1. The molecule has 5 heterocycles. The van der Waals surface area contributed by atoms with Crippen LogP contribution in [0.1, 0.15) is 32.4 Å². The van der Waals surface area contributed by atoms with Crippen LogP contribution in [0.3, 0.4) is 0 Å². The van der Waals surface area contributed by atoms with Crippen LogP contribution in [0.2, 0.25) is 0 Å². The molecule has 4 aromatic rings. The maximum absolute atomic E-state index is 13.2. The number of amides is 1. The van der Waals surface area contributed by atoms with E-state index in [1.54, 1.807) is 24.5 Å². The van der Waals surface area contributed by atoms with Crippen molar-refractivity contribution in [2.75, 3.05) is 43.6 Å². The highest BCUT2D eigenvalue weighted by molar-refractivity contribution is 7.93. The summed E-state index contributed by atoms with van der Waals surface area (Å²) in [5.41, 5.74) is 4.13. The fourth-order valence-corrected chi connectivity index (χ4v) is 6.76. The number of halogens is 1. The molecule has 0 saturated carbocycles. The van der Waals surface area contributed by atoms with Crippen LogP contribution in [0.4, 0.5) is 10.6 Å². The van der Waals surface area contributed by atoms with Gasteiger partial charge in [0.1, 0.15) is 17.0 Å². The van der Waals surface area contributed by atoms with Gasteiger partial charge >= 0.3 is 6.09 Å². The number of ether oxygens (including phenoxy) is 3. The molecule has 2 unspecified atom stereocenters. The van der Waals surface area contributed by atoms with E-state index in [4.69, 9.17) is 31.0 Å². The fraction of sp³-hybridized carbons (Fsp3) is 0.400. The quantitative estimate of drug-likeness (QED) is 0.242. The number of alkyl halides is 1. The zero-order valence-electron chi connectivity index (χ0n) is 24.0. The third kappa shape index (κ3) is 6.10. The molecular weight excluding hydrogens is 592 g/mol. The number of aromatic nitrogens is 4. The smallest absolute Gasteiger partial charge is 0.431 e. The second kappa shape index (κ2) is 12.6. The third-order valence-corrected chi connectivity index (χ3v) is 9.50. The Balaban J connectivity index is 1.49. The Kier molecular flexibility index (Phi) is 8.62. The summed E-state index contributed by atoms with van der Waals surface area (Å²) in [6.07, 6.45) is 6.85. The second-order valence-corrected chi connectivity index (χ2v) is 13.1. The molecule has 3 aromatic heterocycles. The zero-order valence-corrected chi connectivity index (χ0v) is 25.6. The lowest BCUT2D eigenvalue weighted by Crippen LogP contribution is -2.44. The van der Waals surface area contributed by atoms with Gasteiger partial charge in [0, 0.05) is 42.1 Å². The fourth-order valence-electron chi connectivity index (χ4n) is 5.58. The summed E-state index contributed by atoms with van der Waals surface area (Å²) >= 11 is 5.45. The topological polar surface area (TPSA) is 121 Å². The molecule has 3 atom stereocenters. The van der Waals surface area contributed by atoms with Crippen molar-refractivity contribution in [3.63, 3.8) is 0 Å². The minimum Gasteiger partial charge on any atom is -0.431 e. The van der Waals surface area contributed by atoms with Crippen molar-refractivity contribution in [2.24, 2.45) is 4.36 Å². The molecule has 1 aromatic carbocycles. The van der Waals surface area contributed by atoms with E-state index in [9.17, 15) is 9.00 Å². The van der Waals surface area contributed by atoms with Crippen LogP contribution < -0.4 is 4.90 Å². The van der Waals surface area contributed by atoms with Gasteiger partial charge in [-0.25, -0.2) is 18.7 Å². The van der Waals surface area contributed by atoms with E-state index < -0.39 is 15.8 Å². The van der Waals surface area contributed by atoms with Gasteiger partial charge < -0.3 is 19.1 Å². The molecule has 2 aliphatic heterocycles. The third-order valence-electron chi connectivity index (χ3n) is 7.75. The van der Waals surface area contributed by atoms with Gasteiger partial charge in [-0.1, -0.05) is 23.7 Å². The van der Waals surface area contributed by atoms with E-state index in [0.717, 1.165) is 58.5 Å². The Hall–Kier alpha value is -3.58. The van der Waals surface area contributed by atoms with E-state index in [1.807, 2.05) is 28.9 Å². The molecule has 0 spiro atoms. The molecule has 1 amide bonds. The molecule has 0 aliphatic carbocycles. The van der Waals surface area contributed by atoms with Gasteiger partial charge in [-0.15, -0.1) is 4.36 Å². The molecule has 0 bridgehead atoms. The average Bonchev–Trinajstić information content (AvgIpc) is 3.51. The zero-order chi connectivity index (χ0) is 30.0. The highest BCUT2D eigenvalue weighted by Crippen LogP contribution is 2.37. The van der Waals surface area contributed by atoms with Crippen molar-refractivity contribution >= 4 is 44.1 Å². The van der Waals surface area contributed by atoms with Gasteiger partial charge in [-0.3, -0.25) is 4.98 Å². The standard InChI is InChI=1S/C30H33ClN6O5S/c1-20-18-40-16-14-36(20)26-17-24(21-6-8-22(9-7-21)43(2,39)35-30(38)42-19-31)23-10-12-32-29(28(23)34-26)25-11-13-33-37(25)27-5-3-4-15-41-27/h6-13,17,20,27H,3-5,14-16,18-19H2,1-2H3/t20-,27?,43?/m1/s1. The molecule has 2 saturated heterocycles. The lowest BCUT2D eigenvalue weighted by Gasteiger charge is -2.34. The van der Waals surface area contributed by atoms with Gasteiger partial charge in [0.05, 0.1) is 34.7 Å². The molecule has 2 aliphatic rings. The SMILES string of the molecule is C[C@@H]1COCCN1c1cc(-c2ccc(S(C)(=O)=NC(=O)OCCl)cc2)c2ccnc(-c3ccnn3C3CCCCO3)c2n1. The molecule has 0 radical (unpaired) electrons. The largest absolute Gasteiger partial charge is 0.443 e. The summed E-state index contributed by atoms with van der Waals surface area (Å²) in [6, 6.07) is 13.0. The lowest BCUT2D eigenvalue weighted by molar-refractivity contribution is -0.0383. The minimum atomic E-state index is -3.03. The average molecular weight is 625 g/mol. The molecule has 6 rings (SSSR count). The Morgan fingerprint density at radius 2 is 2.00 bits per heavy atom. The van der Waals surface area contributed by atoms with Gasteiger partial charge in [-0.2, -0.15) is 5.10 Å². The van der Waals surface area contributed by atoms with Crippen molar-refractivity contribution in [2.45, 2.75) is 43.4 Å². The van der Waals surface area contributed by atoms with E-state index in [2.05, 4.69) is 32.1 Å². The Morgan fingerprint density at radius 1 is 1.16 bits per heavy atom. The summed E-state index contributed by atoms with van der Waals surface area (Å²) in [5, 5.41) is 5.52. The number of nitrogens with zero attached hydrogens (tertiary/aromatic N) is 6. The predicted octanol–water partition coefficient (Wildman–Crippen LogP) is 5.87. The highest BCUT2D eigenvalue weighted by Gasteiger charge is 2.25. The molecular formula is C30H33ClN6O5S. The van der Waals surface area contributed by atoms with Gasteiger partial charge in [0.2, 0.25) is 0 Å². The number of carbonyl (C=O) groups excluding carboxylic acids is 1. The van der Waals surface area contributed by atoms with Crippen LogP contribution >= 0.6 is 11.6 Å².